The second kappa shape index (κ2) is 12.3. The molecule has 1 fully saturated rings. The van der Waals surface area contributed by atoms with E-state index in [4.69, 9.17) is 39.5 Å². The third-order valence-electron chi connectivity index (χ3n) is 5.67. The van der Waals surface area contributed by atoms with Gasteiger partial charge in [-0.25, -0.2) is 0 Å². The first-order chi connectivity index (χ1) is 15.8. The molecule has 1 aliphatic rings. The molecule has 0 radical (unpaired) electrons. The molecule has 0 aliphatic heterocycles. The van der Waals surface area contributed by atoms with E-state index >= 15 is 0 Å². The van der Waals surface area contributed by atoms with Gasteiger partial charge in [0.15, 0.2) is 6.61 Å². The van der Waals surface area contributed by atoms with Gasteiger partial charge in [0.1, 0.15) is 11.8 Å². The van der Waals surface area contributed by atoms with Crippen molar-refractivity contribution in [2.75, 3.05) is 6.61 Å². The lowest BCUT2D eigenvalue weighted by Gasteiger charge is -2.31. The molecule has 0 saturated heterocycles. The summed E-state index contributed by atoms with van der Waals surface area (Å²) < 4.78 is 6.39. The number of rotatable bonds is 9. The molecule has 178 valence electrons. The average Bonchev–Trinajstić information content (AvgIpc) is 3.28. The molecule has 1 saturated carbocycles. The van der Waals surface area contributed by atoms with Crippen molar-refractivity contribution >= 4 is 62.5 Å². The summed E-state index contributed by atoms with van der Waals surface area (Å²) >= 11 is 21.6. The molecule has 1 aliphatic carbocycles. The van der Waals surface area contributed by atoms with E-state index in [1.807, 2.05) is 6.92 Å². The maximum atomic E-state index is 13.3. The number of carbonyl (C=O) groups excluding carboxylic acids is 2. The van der Waals surface area contributed by atoms with E-state index in [9.17, 15) is 9.59 Å². The first-order valence-electron chi connectivity index (χ1n) is 10.9. The van der Waals surface area contributed by atoms with Gasteiger partial charge in [0.25, 0.3) is 5.91 Å². The molecule has 5 nitrogen and oxygen atoms in total. The maximum Gasteiger partial charge on any atom is 0.261 e. The summed E-state index contributed by atoms with van der Waals surface area (Å²) in [6.45, 7) is 1.87. The van der Waals surface area contributed by atoms with Gasteiger partial charge in [-0.2, -0.15) is 0 Å². The van der Waals surface area contributed by atoms with E-state index in [0.717, 1.165) is 31.2 Å². The Morgan fingerprint density at radius 1 is 1.12 bits per heavy atom. The van der Waals surface area contributed by atoms with Gasteiger partial charge in [0.05, 0.1) is 14.5 Å². The fourth-order valence-electron chi connectivity index (χ4n) is 3.94. The number of hydrogen-bond acceptors (Lipinski definition) is 3. The van der Waals surface area contributed by atoms with Gasteiger partial charge < -0.3 is 15.0 Å². The second-order valence-corrected chi connectivity index (χ2v) is 10.2. The quantitative estimate of drug-likeness (QED) is 0.364. The highest BCUT2D eigenvalue weighted by Crippen LogP contribution is 2.28. The van der Waals surface area contributed by atoms with Crippen LogP contribution in [0.3, 0.4) is 0 Å². The molecule has 2 aromatic rings. The highest BCUT2D eigenvalue weighted by molar-refractivity contribution is 9.10. The molecule has 2 aromatic carbocycles. The SMILES string of the molecule is CC[C@@H](C(=O)NC1CCCC1)N(Cc1ccc(Cl)c(Cl)c1)C(=O)COc1ccc(Cl)cc1Br. The van der Waals surface area contributed by atoms with E-state index in [1.165, 1.54) is 0 Å². The molecule has 1 atom stereocenters. The van der Waals surface area contributed by atoms with Gasteiger partial charge in [-0.05, 0) is 71.1 Å². The largest absolute Gasteiger partial charge is 0.483 e. The van der Waals surface area contributed by atoms with Crippen LogP contribution in [0, 0.1) is 0 Å². The lowest BCUT2D eigenvalue weighted by Crippen LogP contribution is -2.52. The Morgan fingerprint density at radius 2 is 1.85 bits per heavy atom. The second-order valence-electron chi connectivity index (χ2n) is 8.05. The van der Waals surface area contributed by atoms with Gasteiger partial charge in [-0.15, -0.1) is 0 Å². The Hall–Kier alpha value is -1.47. The number of carbonyl (C=O) groups is 2. The third kappa shape index (κ3) is 7.25. The standard InChI is InChI=1S/C24H26BrCl3N2O3/c1-2-21(24(32)29-17-5-3-4-6-17)30(13-15-7-9-19(27)20(28)11-15)23(31)14-33-22-10-8-16(26)12-18(22)25/h7-12,17,21H,2-6,13-14H2,1H3,(H,29,32)/t21-/m0/s1. The summed E-state index contributed by atoms with van der Waals surface area (Å²) in [4.78, 5) is 28.0. The number of nitrogens with zero attached hydrogens (tertiary/aromatic N) is 1. The van der Waals surface area contributed by atoms with Crippen LogP contribution in [0.5, 0.6) is 5.75 Å². The third-order valence-corrected chi connectivity index (χ3v) is 7.26. The molecule has 33 heavy (non-hydrogen) atoms. The predicted octanol–water partition coefficient (Wildman–Crippen LogP) is 6.65. The molecule has 2 amide bonds. The topological polar surface area (TPSA) is 58.6 Å². The van der Waals surface area contributed by atoms with E-state index < -0.39 is 6.04 Å². The number of nitrogens with one attached hydrogen (secondary N) is 1. The van der Waals surface area contributed by atoms with Crippen molar-refractivity contribution in [1.82, 2.24) is 10.2 Å². The fourth-order valence-corrected chi connectivity index (χ4v) is 5.05. The molecule has 9 heteroatoms. The number of ether oxygens (including phenoxy) is 1. The molecule has 1 N–H and O–H groups in total. The average molecular weight is 577 g/mol. The molecular formula is C24H26BrCl3N2O3. The lowest BCUT2D eigenvalue weighted by molar-refractivity contribution is -0.143. The van der Waals surface area contributed by atoms with E-state index in [0.29, 0.717) is 31.7 Å². The predicted molar refractivity (Wildman–Crippen MR) is 136 cm³/mol. The molecular weight excluding hydrogens is 551 g/mol. The van der Waals surface area contributed by atoms with Crippen LogP contribution in [0.1, 0.15) is 44.6 Å². The van der Waals surface area contributed by atoms with Crippen molar-refractivity contribution in [2.45, 2.75) is 57.7 Å². The van der Waals surface area contributed by atoms with Crippen LogP contribution in [0.25, 0.3) is 0 Å². The summed E-state index contributed by atoms with van der Waals surface area (Å²) in [6, 6.07) is 9.78. The van der Waals surface area contributed by atoms with Crippen LogP contribution in [0.4, 0.5) is 0 Å². The summed E-state index contributed by atoms with van der Waals surface area (Å²) in [5.41, 5.74) is 0.775. The molecule has 0 spiro atoms. The Bertz CT molecular complexity index is 999. The van der Waals surface area contributed by atoms with Crippen LogP contribution in [0.2, 0.25) is 15.1 Å². The summed E-state index contributed by atoms with van der Waals surface area (Å²) in [5, 5.41) is 4.50. The normalized spacial score (nSPS) is 14.7. The first-order valence-corrected chi connectivity index (χ1v) is 12.8. The van der Waals surface area contributed by atoms with E-state index in [-0.39, 0.29) is 31.0 Å². The van der Waals surface area contributed by atoms with Crippen LogP contribution in [0.15, 0.2) is 40.9 Å². The van der Waals surface area contributed by atoms with Crippen molar-refractivity contribution in [3.63, 3.8) is 0 Å². The Morgan fingerprint density at radius 3 is 2.48 bits per heavy atom. The van der Waals surface area contributed by atoms with Crippen LogP contribution in [-0.4, -0.2) is 35.4 Å². The number of benzene rings is 2. The van der Waals surface area contributed by atoms with Gasteiger partial charge in [0, 0.05) is 17.6 Å². The molecule has 0 unspecified atom stereocenters. The Kier molecular flexibility index (Phi) is 9.74. The van der Waals surface area contributed by atoms with Gasteiger partial charge in [-0.3, -0.25) is 9.59 Å². The van der Waals surface area contributed by atoms with Gasteiger partial charge in [-0.1, -0.05) is 60.6 Å². The Labute approximate surface area is 217 Å². The van der Waals surface area contributed by atoms with Crippen molar-refractivity contribution in [1.29, 1.82) is 0 Å². The summed E-state index contributed by atoms with van der Waals surface area (Å²) in [7, 11) is 0. The van der Waals surface area contributed by atoms with Crippen molar-refractivity contribution in [3.8, 4) is 5.75 Å². The number of hydrogen-bond donors (Lipinski definition) is 1. The number of amides is 2. The fraction of sp³-hybridized carbons (Fsp3) is 0.417. The van der Waals surface area contributed by atoms with Crippen molar-refractivity contribution in [2.24, 2.45) is 0 Å². The Balaban J connectivity index is 1.79. The molecule has 0 heterocycles. The monoisotopic (exact) mass is 574 g/mol. The van der Waals surface area contributed by atoms with Crippen LogP contribution >= 0.6 is 50.7 Å². The van der Waals surface area contributed by atoms with E-state index in [2.05, 4.69) is 21.2 Å². The maximum absolute atomic E-state index is 13.3. The van der Waals surface area contributed by atoms with Gasteiger partial charge in [0.2, 0.25) is 5.91 Å². The van der Waals surface area contributed by atoms with E-state index in [1.54, 1.807) is 41.3 Å². The zero-order chi connectivity index (χ0) is 24.0. The van der Waals surface area contributed by atoms with Crippen LogP contribution in [-0.2, 0) is 16.1 Å². The smallest absolute Gasteiger partial charge is 0.261 e. The van der Waals surface area contributed by atoms with Gasteiger partial charge >= 0.3 is 0 Å². The first kappa shape index (κ1) is 26.1. The zero-order valence-electron chi connectivity index (χ0n) is 18.3. The summed E-state index contributed by atoms with van der Waals surface area (Å²) in [6.07, 6.45) is 4.62. The minimum Gasteiger partial charge on any atom is -0.483 e. The number of halogens is 4. The lowest BCUT2D eigenvalue weighted by atomic mass is 10.1. The minimum atomic E-state index is -0.634. The highest BCUT2D eigenvalue weighted by Gasteiger charge is 2.31. The molecule has 0 aromatic heterocycles. The van der Waals surface area contributed by atoms with Crippen LogP contribution < -0.4 is 10.1 Å². The summed E-state index contributed by atoms with van der Waals surface area (Å²) in [5.74, 6) is 0.0347. The van der Waals surface area contributed by atoms with Crippen molar-refractivity contribution in [3.05, 3.63) is 61.5 Å². The minimum absolute atomic E-state index is 0.148. The highest BCUT2D eigenvalue weighted by atomic mass is 79.9. The molecule has 3 rings (SSSR count). The van der Waals surface area contributed by atoms with Crippen molar-refractivity contribution < 1.29 is 14.3 Å². The zero-order valence-corrected chi connectivity index (χ0v) is 22.1. The molecule has 0 bridgehead atoms.